The lowest BCUT2D eigenvalue weighted by molar-refractivity contribution is 0.273. The maximum Gasteiger partial charge on any atom is 0.0934 e. The second kappa shape index (κ2) is 5.50. The molecule has 0 radical (unpaired) electrons. The van der Waals surface area contributed by atoms with Crippen molar-refractivity contribution in [1.29, 1.82) is 0 Å². The minimum absolute atomic E-state index is 0.284. The van der Waals surface area contributed by atoms with Gasteiger partial charge in [0.15, 0.2) is 0 Å². The van der Waals surface area contributed by atoms with Crippen molar-refractivity contribution in [2.75, 3.05) is 6.61 Å². The molecule has 2 rings (SSSR count). The summed E-state index contributed by atoms with van der Waals surface area (Å²) in [5, 5.41) is 12.4. The predicted molar refractivity (Wildman–Crippen MR) is 69.3 cm³/mol. The van der Waals surface area contributed by atoms with E-state index in [9.17, 15) is 0 Å². The van der Waals surface area contributed by atoms with Crippen LogP contribution in [0.4, 0.5) is 0 Å². The highest BCUT2D eigenvalue weighted by Gasteiger charge is 2.25. The van der Waals surface area contributed by atoms with Crippen LogP contribution in [-0.2, 0) is 6.42 Å². The van der Waals surface area contributed by atoms with Crippen molar-refractivity contribution in [2.45, 2.75) is 44.7 Å². The van der Waals surface area contributed by atoms with E-state index in [4.69, 9.17) is 16.7 Å². The average molecular weight is 260 g/mol. The molecule has 1 aromatic rings. The molecule has 90 valence electrons. The number of thiophene rings is 1. The number of hydrogen-bond donors (Lipinski definition) is 2. The van der Waals surface area contributed by atoms with Crippen LogP contribution in [0.3, 0.4) is 0 Å². The molecule has 1 heterocycles. The Kier molecular flexibility index (Phi) is 4.25. The summed E-state index contributed by atoms with van der Waals surface area (Å²) in [5.74, 6) is 0. The van der Waals surface area contributed by atoms with Gasteiger partial charge in [0.2, 0.25) is 0 Å². The van der Waals surface area contributed by atoms with Crippen LogP contribution in [0.25, 0.3) is 0 Å². The molecule has 2 unspecified atom stereocenters. The molecule has 0 bridgehead atoms. The lowest BCUT2D eigenvalue weighted by atomic mass is 10.1. The molecular weight excluding hydrogens is 242 g/mol. The highest BCUT2D eigenvalue weighted by atomic mass is 35.5. The third-order valence-corrected chi connectivity index (χ3v) is 4.47. The van der Waals surface area contributed by atoms with Gasteiger partial charge in [-0.25, -0.2) is 0 Å². The smallest absolute Gasteiger partial charge is 0.0934 e. The Hall–Kier alpha value is -0.0900. The number of rotatable bonds is 5. The highest BCUT2D eigenvalue weighted by molar-refractivity contribution is 7.16. The fourth-order valence-corrected chi connectivity index (χ4v) is 3.68. The van der Waals surface area contributed by atoms with Gasteiger partial charge in [-0.1, -0.05) is 11.6 Å². The monoisotopic (exact) mass is 259 g/mol. The lowest BCUT2D eigenvalue weighted by Gasteiger charge is -2.19. The van der Waals surface area contributed by atoms with Crippen LogP contribution < -0.4 is 5.32 Å². The Labute approximate surface area is 106 Å². The summed E-state index contributed by atoms with van der Waals surface area (Å²) in [6.07, 6.45) is 4.23. The number of fused-ring (bicyclic) bond motifs is 1. The van der Waals surface area contributed by atoms with Crippen LogP contribution in [0.1, 0.15) is 42.7 Å². The van der Waals surface area contributed by atoms with Crippen molar-refractivity contribution in [3.8, 4) is 0 Å². The van der Waals surface area contributed by atoms with Crippen LogP contribution in [-0.4, -0.2) is 17.8 Å². The van der Waals surface area contributed by atoms with Gasteiger partial charge in [0.25, 0.3) is 0 Å². The summed E-state index contributed by atoms with van der Waals surface area (Å²) in [6.45, 7) is 2.47. The second-order valence-corrected chi connectivity index (χ2v) is 6.22. The summed E-state index contributed by atoms with van der Waals surface area (Å²) in [6, 6.07) is 3.03. The standard InChI is InChI=1S/C12H18ClNOS/c1-8(3-2-6-15)14-10-4-5-11-9(10)7-12(13)16-11/h7-8,10,14-15H,2-6H2,1H3. The fraction of sp³-hybridized carbons (Fsp3) is 0.667. The maximum absolute atomic E-state index is 8.79. The molecule has 0 aromatic carbocycles. The first-order chi connectivity index (χ1) is 7.70. The molecule has 0 amide bonds. The molecule has 2 nitrogen and oxygen atoms in total. The Morgan fingerprint density at radius 1 is 1.69 bits per heavy atom. The zero-order valence-electron chi connectivity index (χ0n) is 9.50. The van der Waals surface area contributed by atoms with Gasteiger partial charge in [0, 0.05) is 23.6 Å². The Balaban J connectivity index is 1.92. The van der Waals surface area contributed by atoms with Crippen LogP contribution >= 0.6 is 22.9 Å². The minimum Gasteiger partial charge on any atom is -0.396 e. The van der Waals surface area contributed by atoms with E-state index in [0.29, 0.717) is 12.1 Å². The number of aryl methyl sites for hydroxylation is 1. The molecule has 2 atom stereocenters. The number of nitrogens with one attached hydrogen (secondary N) is 1. The van der Waals surface area contributed by atoms with E-state index >= 15 is 0 Å². The first kappa shape index (κ1) is 12.4. The van der Waals surface area contributed by atoms with Gasteiger partial charge in [0.05, 0.1) is 4.34 Å². The Bertz CT molecular complexity index is 353. The lowest BCUT2D eigenvalue weighted by Crippen LogP contribution is -2.29. The zero-order chi connectivity index (χ0) is 11.5. The van der Waals surface area contributed by atoms with Crippen molar-refractivity contribution in [1.82, 2.24) is 5.32 Å². The van der Waals surface area contributed by atoms with Gasteiger partial charge in [-0.15, -0.1) is 11.3 Å². The average Bonchev–Trinajstić information content (AvgIpc) is 2.76. The minimum atomic E-state index is 0.284. The first-order valence-electron chi connectivity index (χ1n) is 5.85. The zero-order valence-corrected chi connectivity index (χ0v) is 11.1. The quantitative estimate of drug-likeness (QED) is 0.852. The van der Waals surface area contributed by atoms with E-state index in [1.165, 1.54) is 16.9 Å². The summed E-state index contributed by atoms with van der Waals surface area (Å²) < 4.78 is 0.902. The summed E-state index contributed by atoms with van der Waals surface area (Å²) in [4.78, 5) is 1.44. The summed E-state index contributed by atoms with van der Waals surface area (Å²) in [7, 11) is 0. The van der Waals surface area contributed by atoms with Gasteiger partial charge in [-0.3, -0.25) is 0 Å². The number of hydrogen-bond acceptors (Lipinski definition) is 3. The molecule has 4 heteroatoms. The molecular formula is C12H18ClNOS. The van der Waals surface area contributed by atoms with Crippen LogP contribution in [0, 0.1) is 0 Å². The molecule has 16 heavy (non-hydrogen) atoms. The van der Waals surface area contributed by atoms with Crippen molar-refractivity contribution >= 4 is 22.9 Å². The van der Waals surface area contributed by atoms with Gasteiger partial charge in [-0.05, 0) is 44.2 Å². The van der Waals surface area contributed by atoms with Crippen LogP contribution in [0.2, 0.25) is 4.34 Å². The maximum atomic E-state index is 8.79. The molecule has 1 aromatic heterocycles. The molecule has 2 N–H and O–H groups in total. The van der Waals surface area contributed by atoms with E-state index in [1.54, 1.807) is 11.3 Å². The van der Waals surface area contributed by atoms with Crippen molar-refractivity contribution in [3.05, 3.63) is 20.8 Å². The van der Waals surface area contributed by atoms with Crippen molar-refractivity contribution in [2.24, 2.45) is 0 Å². The third-order valence-electron chi connectivity index (χ3n) is 3.13. The molecule has 0 fully saturated rings. The Morgan fingerprint density at radius 3 is 3.25 bits per heavy atom. The Morgan fingerprint density at radius 2 is 2.50 bits per heavy atom. The van der Waals surface area contributed by atoms with Crippen LogP contribution in [0.15, 0.2) is 6.07 Å². The summed E-state index contributed by atoms with van der Waals surface area (Å²) >= 11 is 7.73. The van der Waals surface area contributed by atoms with Gasteiger partial charge in [-0.2, -0.15) is 0 Å². The highest BCUT2D eigenvalue weighted by Crippen LogP contribution is 2.39. The molecule has 0 saturated carbocycles. The van der Waals surface area contributed by atoms with E-state index in [1.807, 2.05) is 0 Å². The first-order valence-corrected chi connectivity index (χ1v) is 7.05. The van der Waals surface area contributed by atoms with Crippen LogP contribution in [0.5, 0.6) is 0 Å². The van der Waals surface area contributed by atoms with E-state index < -0.39 is 0 Å². The van der Waals surface area contributed by atoms with E-state index in [-0.39, 0.29) is 6.61 Å². The molecule has 0 spiro atoms. The fourth-order valence-electron chi connectivity index (χ4n) is 2.33. The molecule has 0 saturated heterocycles. The number of aliphatic hydroxyl groups excluding tert-OH is 1. The second-order valence-electron chi connectivity index (χ2n) is 4.45. The van der Waals surface area contributed by atoms with E-state index in [0.717, 1.165) is 23.6 Å². The molecule has 1 aliphatic rings. The largest absolute Gasteiger partial charge is 0.396 e. The number of aliphatic hydroxyl groups is 1. The number of halogens is 1. The van der Waals surface area contributed by atoms with Gasteiger partial charge in [0.1, 0.15) is 0 Å². The van der Waals surface area contributed by atoms with Crippen molar-refractivity contribution in [3.63, 3.8) is 0 Å². The SMILES string of the molecule is CC(CCCO)NC1CCc2sc(Cl)cc21. The van der Waals surface area contributed by atoms with Gasteiger partial charge >= 0.3 is 0 Å². The molecule has 0 aliphatic heterocycles. The summed E-state index contributed by atoms with van der Waals surface area (Å²) in [5.41, 5.74) is 1.39. The molecule has 1 aliphatic carbocycles. The topological polar surface area (TPSA) is 32.3 Å². The van der Waals surface area contributed by atoms with E-state index in [2.05, 4.69) is 18.3 Å². The predicted octanol–water partition coefficient (Wildman–Crippen LogP) is 3.14. The van der Waals surface area contributed by atoms with Gasteiger partial charge < -0.3 is 10.4 Å². The van der Waals surface area contributed by atoms with Crippen molar-refractivity contribution < 1.29 is 5.11 Å². The normalized spacial score (nSPS) is 21.1. The third kappa shape index (κ3) is 2.77.